The molecule has 1 heterocycles. The number of rotatable bonds is 5. The summed E-state index contributed by atoms with van der Waals surface area (Å²) in [6, 6.07) is 6.35. The van der Waals surface area contributed by atoms with Crippen LogP contribution in [0.3, 0.4) is 0 Å². The second-order valence-corrected chi connectivity index (χ2v) is 7.98. The first-order chi connectivity index (χ1) is 11.5. The number of fused-ring (bicyclic) bond motifs is 2. The van der Waals surface area contributed by atoms with Crippen LogP contribution in [0, 0.1) is 29.0 Å². The minimum absolute atomic E-state index is 0.274. The minimum Gasteiger partial charge on any atom is -0.444 e. The lowest BCUT2D eigenvalue weighted by molar-refractivity contribution is -0.103. The van der Waals surface area contributed by atoms with E-state index in [0.29, 0.717) is 23.4 Å². The van der Waals surface area contributed by atoms with Gasteiger partial charge in [0.25, 0.3) is 0 Å². The Morgan fingerprint density at radius 1 is 1.33 bits per heavy atom. The number of nitrogens with zero attached hydrogens (tertiary/aromatic N) is 1. The molecular formula is C20H25FN2O. The molecule has 0 saturated heterocycles. The molecule has 3 atom stereocenters. The standard InChI is InChI=1S/C20H25FN2O/c1-20(2)15-7-6-14(18(20)9-15)10-22-11-17-12-24-19(23-17)13-4-3-5-16(21)8-13/h3-5,8,12,14-15,18,22H,6-7,9-11H2,1-2H3/t14-,15-,18-/m0/s1. The van der Waals surface area contributed by atoms with Gasteiger partial charge < -0.3 is 9.73 Å². The Morgan fingerprint density at radius 3 is 2.96 bits per heavy atom. The first kappa shape index (κ1) is 15.8. The summed E-state index contributed by atoms with van der Waals surface area (Å²) in [5.41, 5.74) is 2.08. The van der Waals surface area contributed by atoms with E-state index in [9.17, 15) is 4.39 Å². The predicted octanol–water partition coefficient (Wildman–Crippen LogP) is 4.64. The van der Waals surface area contributed by atoms with E-state index in [-0.39, 0.29) is 5.82 Å². The molecule has 1 aromatic heterocycles. The predicted molar refractivity (Wildman–Crippen MR) is 91.7 cm³/mol. The first-order valence-corrected chi connectivity index (χ1v) is 8.95. The van der Waals surface area contributed by atoms with Gasteiger partial charge in [-0.25, -0.2) is 9.37 Å². The molecule has 128 valence electrons. The zero-order valence-electron chi connectivity index (χ0n) is 14.4. The Morgan fingerprint density at radius 2 is 2.21 bits per heavy atom. The average Bonchev–Trinajstić information content (AvgIpc) is 3.04. The summed E-state index contributed by atoms with van der Waals surface area (Å²) in [5.74, 6) is 2.79. The highest BCUT2D eigenvalue weighted by atomic mass is 19.1. The van der Waals surface area contributed by atoms with Crippen LogP contribution in [-0.4, -0.2) is 11.5 Å². The topological polar surface area (TPSA) is 38.1 Å². The van der Waals surface area contributed by atoms with Crippen LogP contribution in [0.2, 0.25) is 0 Å². The molecule has 0 aliphatic heterocycles. The van der Waals surface area contributed by atoms with Crippen molar-refractivity contribution in [2.75, 3.05) is 6.54 Å². The normalized spacial score (nSPS) is 27.7. The molecule has 0 spiro atoms. The van der Waals surface area contributed by atoms with Crippen LogP contribution in [-0.2, 0) is 6.54 Å². The third kappa shape index (κ3) is 2.77. The lowest BCUT2D eigenvalue weighted by atomic mass is 9.45. The molecule has 3 saturated carbocycles. The number of aromatic nitrogens is 1. The van der Waals surface area contributed by atoms with Gasteiger partial charge >= 0.3 is 0 Å². The van der Waals surface area contributed by atoms with Gasteiger partial charge in [0.1, 0.15) is 12.1 Å². The highest BCUT2D eigenvalue weighted by Crippen LogP contribution is 2.61. The Hall–Kier alpha value is -1.68. The van der Waals surface area contributed by atoms with E-state index in [0.717, 1.165) is 30.0 Å². The molecule has 0 radical (unpaired) electrons. The molecule has 1 aromatic carbocycles. The second-order valence-electron chi connectivity index (χ2n) is 7.98. The van der Waals surface area contributed by atoms with Gasteiger partial charge in [0.05, 0.1) is 5.69 Å². The van der Waals surface area contributed by atoms with Gasteiger partial charge in [0, 0.05) is 12.1 Å². The highest BCUT2D eigenvalue weighted by Gasteiger charge is 2.53. The van der Waals surface area contributed by atoms with Crippen molar-refractivity contribution in [3.63, 3.8) is 0 Å². The van der Waals surface area contributed by atoms with Gasteiger partial charge in [0.15, 0.2) is 0 Å². The molecule has 24 heavy (non-hydrogen) atoms. The van der Waals surface area contributed by atoms with Gasteiger partial charge in [-0.05, 0) is 67.2 Å². The Kier molecular flexibility index (Phi) is 3.95. The van der Waals surface area contributed by atoms with Crippen molar-refractivity contribution in [3.8, 4) is 11.5 Å². The largest absolute Gasteiger partial charge is 0.444 e. The van der Waals surface area contributed by atoms with Crippen LogP contribution in [0.25, 0.3) is 11.5 Å². The molecule has 1 N–H and O–H groups in total. The second kappa shape index (κ2) is 5.99. The van der Waals surface area contributed by atoms with Crippen molar-refractivity contribution in [3.05, 3.63) is 42.0 Å². The highest BCUT2D eigenvalue weighted by molar-refractivity contribution is 5.52. The number of benzene rings is 1. The Bertz CT molecular complexity index is 722. The van der Waals surface area contributed by atoms with Crippen molar-refractivity contribution in [1.29, 1.82) is 0 Å². The van der Waals surface area contributed by atoms with Gasteiger partial charge in [-0.15, -0.1) is 0 Å². The quantitative estimate of drug-likeness (QED) is 0.869. The summed E-state index contributed by atoms with van der Waals surface area (Å²) < 4.78 is 18.8. The van der Waals surface area contributed by atoms with Crippen LogP contribution < -0.4 is 5.32 Å². The number of oxazole rings is 1. The Labute approximate surface area is 142 Å². The molecular weight excluding hydrogens is 303 g/mol. The maximum Gasteiger partial charge on any atom is 0.226 e. The molecule has 3 aliphatic carbocycles. The van der Waals surface area contributed by atoms with Gasteiger partial charge in [-0.1, -0.05) is 19.9 Å². The molecule has 5 rings (SSSR count). The molecule has 3 aliphatic rings. The van der Waals surface area contributed by atoms with Gasteiger partial charge in [-0.2, -0.15) is 0 Å². The fourth-order valence-electron chi connectivity index (χ4n) is 4.73. The van der Waals surface area contributed by atoms with Crippen LogP contribution >= 0.6 is 0 Å². The lowest BCUT2D eigenvalue weighted by Crippen LogP contribution is -2.54. The zero-order chi connectivity index (χ0) is 16.7. The van der Waals surface area contributed by atoms with Crippen LogP contribution in [0.5, 0.6) is 0 Å². The Balaban J connectivity index is 1.32. The summed E-state index contributed by atoms with van der Waals surface area (Å²) in [7, 11) is 0. The fourth-order valence-corrected chi connectivity index (χ4v) is 4.73. The number of halogens is 1. The van der Waals surface area contributed by atoms with Crippen molar-refractivity contribution in [2.24, 2.45) is 23.2 Å². The van der Waals surface area contributed by atoms with Crippen LogP contribution in [0.15, 0.2) is 34.9 Å². The zero-order valence-corrected chi connectivity index (χ0v) is 14.4. The van der Waals surface area contributed by atoms with E-state index >= 15 is 0 Å². The summed E-state index contributed by atoms with van der Waals surface area (Å²) in [6.07, 6.45) is 5.80. The molecule has 3 nitrogen and oxygen atoms in total. The average molecular weight is 328 g/mol. The minimum atomic E-state index is -0.274. The molecule has 0 unspecified atom stereocenters. The SMILES string of the molecule is CC1(C)[C@H]2CC[C@@H](CNCc3coc(-c4cccc(F)c4)n3)[C@@H]1C2. The van der Waals surface area contributed by atoms with E-state index in [1.807, 2.05) is 6.07 Å². The molecule has 2 aromatic rings. The molecule has 0 amide bonds. The van der Waals surface area contributed by atoms with Gasteiger partial charge in [0.2, 0.25) is 5.89 Å². The fraction of sp³-hybridized carbons (Fsp3) is 0.550. The third-order valence-corrected chi connectivity index (χ3v) is 6.34. The van der Waals surface area contributed by atoms with E-state index in [1.165, 1.54) is 31.4 Å². The summed E-state index contributed by atoms with van der Waals surface area (Å²) in [5, 5.41) is 3.54. The van der Waals surface area contributed by atoms with Crippen molar-refractivity contribution in [1.82, 2.24) is 10.3 Å². The van der Waals surface area contributed by atoms with E-state index < -0.39 is 0 Å². The molecule has 3 fully saturated rings. The number of hydrogen-bond donors (Lipinski definition) is 1. The molecule has 2 bridgehead atoms. The lowest BCUT2D eigenvalue weighted by Gasteiger charge is -2.60. The number of nitrogens with one attached hydrogen (secondary N) is 1. The van der Waals surface area contributed by atoms with E-state index in [2.05, 4.69) is 24.1 Å². The summed E-state index contributed by atoms with van der Waals surface area (Å²) >= 11 is 0. The summed E-state index contributed by atoms with van der Waals surface area (Å²) in [6.45, 7) is 6.61. The monoisotopic (exact) mass is 328 g/mol. The van der Waals surface area contributed by atoms with E-state index in [1.54, 1.807) is 12.3 Å². The first-order valence-electron chi connectivity index (χ1n) is 8.95. The molecule has 4 heteroatoms. The van der Waals surface area contributed by atoms with Gasteiger partial charge in [-0.3, -0.25) is 0 Å². The number of hydrogen-bond acceptors (Lipinski definition) is 3. The van der Waals surface area contributed by atoms with Crippen molar-refractivity contribution < 1.29 is 8.81 Å². The maximum absolute atomic E-state index is 13.3. The smallest absolute Gasteiger partial charge is 0.226 e. The van der Waals surface area contributed by atoms with Crippen LogP contribution in [0.1, 0.15) is 38.8 Å². The third-order valence-electron chi connectivity index (χ3n) is 6.34. The van der Waals surface area contributed by atoms with Crippen LogP contribution in [0.4, 0.5) is 4.39 Å². The van der Waals surface area contributed by atoms with E-state index in [4.69, 9.17) is 4.42 Å². The summed E-state index contributed by atoms with van der Waals surface area (Å²) in [4.78, 5) is 4.47. The van der Waals surface area contributed by atoms with Crippen molar-refractivity contribution >= 4 is 0 Å². The van der Waals surface area contributed by atoms with Crippen molar-refractivity contribution in [2.45, 2.75) is 39.7 Å². The maximum atomic E-state index is 13.3.